The lowest BCUT2D eigenvalue weighted by atomic mass is 9.90. The number of methoxy groups -OCH3 is 1. The molecule has 1 saturated heterocycles. The van der Waals surface area contributed by atoms with E-state index in [2.05, 4.69) is 25.7 Å². The van der Waals surface area contributed by atoms with Crippen LogP contribution in [0.1, 0.15) is 51.5 Å². The lowest BCUT2D eigenvalue weighted by Gasteiger charge is -2.44. The van der Waals surface area contributed by atoms with Crippen molar-refractivity contribution in [3.63, 3.8) is 0 Å². The van der Waals surface area contributed by atoms with Crippen LogP contribution < -0.4 is 0 Å². The Morgan fingerprint density at radius 3 is 2.38 bits per heavy atom. The van der Waals surface area contributed by atoms with E-state index in [0.717, 1.165) is 38.0 Å². The molecular weight excluding hydrogens is 331 g/mol. The summed E-state index contributed by atoms with van der Waals surface area (Å²) < 4.78 is 18.4. The molecule has 3 unspecified atom stereocenters. The fourth-order valence-electron chi connectivity index (χ4n) is 4.01. The minimum Gasteiger partial charge on any atom is -0.383 e. The fraction of sp³-hybridized carbons (Fsp3) is 0.667. The Hall–Kier alpha value is -1.46. The van der Waals surface area contributed by atoms with Gasteiger partial charge < -0.3 is 9.64 Å². The van der Waals surface area contributed by atoms with Gasteiger partial charge in [-0.2, -0.15) is 0 Å². The monoisotopic (exact) mass is 364 g/mol. The van der Waals surface area contributed by atoms with E-state index in [4.69, 9.17) is 4.74 Å². The topological polar surface area (TPSA) is 32.8 Å². The summed E-state index contributed by atoms with van der Waals surface area (Å²) in [7, 11) is 1.72. The van der Waals surface area contributed by atoms with Crippen LogP contribution in [0.4, 0.5) is 4.39 Å². The highest BCUT2D eigenvalue weighted by atomic mass is 19.1. The summed E-state index contributed by atoms with van der Waals surface area (Å²) in [6.45, 7) is 9.61. The number of piperazine rings is 1. The van der Waals surface area contributed by atoms with Crippen LogP contribution in [0.2, 0.25) is 0 Å². The van der Waals surface area contributed by atoms with Gasteiger partial charge in [0.05, 0.1) is 6.61 Å². The molecule has 2 rings (SSSR count). The van der Waals surface area contributed by atoms with Crippen LogP contribution >= 0.6 is 0 Å². The molecule has 1 aromatic carbocycles. The van der Waals surface area contributed by atoms with Crippen LogP contribution in [0.15, 0.2) is 24.3 Å². The number of benzene rings is 1. The smallest absolute Gasteiger partial charge is 0.223 e. The van der Waals surface area contributed by atoms with Gasteiger partial charge in [0.15, 0.2) is 0 Å². The number of carbonyl (C=O) groups excluding carboxylic acids is 1. The first-order valence-electron chi connectivity index (χ1n) is 9.74. The Kier molecular flexibility index (Phi) is 8.04. The molecule has 1 fully saturated rings. The summed E-state index contributed by atoms with van der Waals surface area (Å²) in [5.74, 6) is 0.133. The number of carbonyl (C=O) groups is 1. The van der Waals surface area contributed by atoms with Crippen LogP contribution in [0, 0.1) is 5.82 Å². The highest BCUT2D eigenvalue weighted by Gasteiger charge is 2.32. The van der Waals surface area contributed by atoms with Crippen molar-refractivity contribution in [2.45, 2.75) is 58.0 Å². The predicted octanol–water partition coefficient (Wildman–Crippen LogP) is 3.67. The molecule has 0 spiro atoms. The van der Waals surface area contributed by atoms with Gasteiger partial charge >= 0.3 is 0 Å². The molecule has 0 aromatic heterocycles. The zero-order chi connectivity index (χ0) is 19.1. The summed E-state index contributed by atoms with van der Waals surface area (Å²) in [6, 6.07) is 7.26. The number of hydrogen-bond donors (Lipinski definition) is 0. The molecule has 1 aliphatic rings. The van der Waals surface area contributed by atoms with E-state index in [1.807, 2.05) is 17.0 Å². The first kappa shape index (κ1) is 20.8. The Morgan fingerprint density at radius 1 is 1.23 bits per heavy atom. The lowest BCUT2D eigenvalue weighted by Crippen LogP contribution is -2.58. The largest absolute Gasteiger partial charge is 0.383 e. The lowest BCUT2D eigenvalue weighted by molar-refractivity contribution is -0.136. The molecule has 146 valence electrons. The van der Waals surface area contributed by atoms with E-state index >= 15 is 0 Å². The molecule has 1 aromatic rings. The van der Waals surface area contributed by atoms with Gasteiger partial charge in [0.1, 0.15) is 5.82 Å². The summed E-state index contributed by atoms with van der Waals surface area (Å²) >= 11 is 0. The van der Waals surface area contributed by atoms with Crippen molar-refractivity contribution in [1.82, 2.24) is 9.80 Å². The van der Waals surface area contributed by atoms with E-state index in [1.165, 1.54) is 12.1 Å². The van der Waals surface area contributed by atoms with E-state index < -0.39 is 0 Å². The normalized spacial score (nSPS) is 22.4. The second-order valence-electron chi connectivity index (χ2n) is 7.47. The highest BCUT2D eigenvalue weighted by Crippen LogP contribution is 2.27. The highest BCUT2D eigenvalue weighted by molar-refractivity contribution is 5.77. The van der Waals surface area contributed by atoms with Gasteiger partial charge in [-0.1, -0.05) is 25.5 Å². The molecule has 1 heterocycles. The average Bonchev–Trinajstić information content (AvgIpc) is 2.61. The minimum absolute atomic E-state index is 0.158. The van der Waals surface area contributed by atoms with Crippen LogP contribution in [0.25, 0.3) is 0 Å². The zero-order valence-corrected chi connectivity index (χ0v) is 16.6. The van der Waals surface area contributed by atoms with Crippen molar-refractivity contribution in [1.29, 1.82) is 0 Å². The molecule has 0 radical (unpaired) electrons. The van der Waals surface area contributed by atoms with Crippen LogP contribution in [0.5, 0.6) is 0 Å². The molecule has 0 saturated carbocycles. The van der Waals surface area contributed by atoms with Gasteiger partial charge in [-0.3, -0.25) is 9.69 Å². The summed E-state index contributed by atoms with van der Waals surface area (Å²) in [4.78, 5) is 17.4. The van der Waals surface area contributed by atoms with Crippen molar-refractivity contribution in [3.05, 3.63) is 35.6 Å². The molecule has 0 N–H and O–H groups in total. The molecular formula is C21H33FN2O2. The van der Waals surface area contributed by atoms with Crippen molar-refractivity contribution in [2.75, 3.05) is 33.4 Å². The summed E-state index contributed by atoms with van der Waals surface area (Å²) in [6.07, 6.45) is 2.44. The molecule has 0 bridgehead atoms. The van der Waals surface area contributed by atoms with Crippen molar-refractivity contribution >= 4 is 5.91 Å². The van der Waals surface area contributed by atoms with Crippen LogP contribution in [-0.2, 0) is 9.53 Å². The van der Waals surface area contributed by atoms with Gasteiger partial charge in [-0.05, 0) is 43.9 Å². The zero-order valence-electron chi connectivity index (χ0n) is 16.6. The maximum Gasteiger partial charge on any atom is 0.223 e. The summed E-state index contributed by atoms with van der Waals surface area (Å²) in [5, 5.41) is 0. The SMILES string of the molecule is CCCC(CC(=O)N1CC(C)N(CCOC)C(C)C1)c1ccc(F)cc1. The van der Waals surface area contributed by atoms with Gasteiger partial charge in [0.2, 0.25) is 5.91 Å². The van der Waals surface area contributed by atoms with Gasteiger partial charge in [-0.25, -0.2) is 4.39 Å². The molecule has 26 heavy (non-hydrogen) atoms. The molecule has 3 atom stereocenters. The second kappa shape index (κ2) is 10.0. The molecule has 1 amide bonds. The first-order chi connectivity index (χ1) is 12.5. The maximum atomic E-state index is 13.2. The van der Waals surface area contributed by atoms with E-state index in [-0.39, 0.29) is 17.6 Å². The number of hydrogen-bond acceptors (Lipinski definition) is 3. The Balaban J connectivity index is 1.99. The number of nitrogens with zero attached hydrogens (tertiary/aromatic N) is 2. The third-order valence-electron chi connectivity index (χ3n) is 5.41. The van der Waals surface area contributed by atoms with Gasteiger partial charge in [0, 0.05) is 45.2 Å². The third kappa shape index (κ3) is 5.52. The van der Waals surface area contributed by atoms with Crippen LogP contribution in [0.3, 0.4) is 0 Å². The van der Waals surface area contributed by atoms with Crippen molar-refractivity contribution < 1.29 is 13.9 Å². The van der Waals surface area contributed by atoms with Crippen molar-refractivity contribution in [2.24, 2.45) is 0 Å². The number of ether oxygens (including phenoxy) is 1. The summed E-state index contributed by atoms with van der Waals surface area (Å²) in [5.41, 5.74) is 1.06. The van der Waals surface area contributed by atoms with Gasteiger partial charge in [-0.15, -0.1) is 0 Å². The Bertz CT molecular complexity index is 552. The molecule has 1 aliphatic heterocycles. The minimum atomic E-state index is -0.231. The van der Waals surface area contributed by atoms with Crippen molar-refractivity contribution in [3.8, 4) is 0 Å². The van der Waals surface area contributed by atoms with E-state index in [0.29, 0.717) is 25.1 Å². The fourth-order valence-corrected chi connectivity index (χ4v) is 4.01. The van der Waals surface area contributed by atoms with Gasteiger partial charge in [0.25, 0.3) is 0 Å². The molecule has 5 heteroatoms. The second-order valence-corrected chi connectivity index (χ2v) is 7.47. The van der Waals surface area contributed by atoms with E-state index in [9.17, 15) is 9.18 Å². The number of halogens is 1. The Labute approximate surface area is 157 Å². The standard InChI is InChI=1S/C21H33FN2O2/c1-5-6-19(18-7-9-20(22)10-8-18)13-21(25)23-14-16(2)24(11-12-26-4)17(3)15-23/h7-10,16-17,19H,5-6,11-15H2,1-4H3. The van der Waals surface area contributed by atoms with Crippen LogP contribution in [-0.4, -0.2) is 61.1 Å². The first-order valence-corrected chi connectivity index (χ1v) is 9.74. The molecule has 0 aliphatic carbocycles. The third-order valence-corrected chi connectivity index (χ3v) is 5.41. The van der Waals surface area contributed by atoms with E-state index in [1.54, 1.807) is 7.11 Å². The predicted molar refractivity (Wildman–Crippen MR) is 103 cm³/mol. The maximum absolute atomic E-state index is 13.2. The number of amides is 1. The quantitative estimate of drug-likeness (QED) is 0.706. The molecule has 4 nitrogen and oxygen atoms in total. The average molecular weight is 365 g/mol. The Morgan fingerprint density at radius 2 is 1.85 bits per heavy atom. The number of rotatable bonds is 8.